The highest BCUT2D eigenvalue weighted by Gasteiger charge is 2.39. The predicted octanol–water partition coefficient (Wildman–Crippen LogP) is 2.90. The number of carbonyl (C=O) groups is 3. The van der Waals surface area contributed by atoms with Crippen LogP contribution in [0.5, 0.6) is 0 Å². The Bertz CT molecular complexity index is 672. The second-order valence-electron chi connectivity index (χ2n) is 9.66. The molecule has 1 fully saturated rings. The highest BCUT2D eigenvalue weighted by atomic mass is 32.2. The van der Waals surface area contributed by atoms with Crippen molar-refractivity contribution in [2.45, 2.75) is 73.0 Å². The Kier molecular flexibility index (Phi) is 10.6. The maximum atomic E-state index is 13.6. The van der Waals surface area contributed by atoms with E-state index in [0.717, 1.165) is 18.1 Å². The molecule has 1 heterocycles. The Hall–Kier alpha value is -1.54. The summed E-state index contributed by atoms with van der Waals surface area (Å²) >= 11 is 1.80. The zero-order chi connectivity index (χ0) is 23.9. The Labute approximate surface area is 192 Å². The van der Waals surface area contributed by atoms with Gasteiger partial charge in [-0.15, -0.1) is 11.8 Å². The van der Waals surface area contributed by atoms with E-state index in [4.69, 9.17) is 4.74 Å². The van der Waals surface area contributed by atoms with Gasteiger partial charge in [-0.1, -0.05) is 40.7 Å². The maximum absolute atomic E-state index is 13.6. The average Bonchev–Trinajstić information content (AvgIpc) is 2.68. The SMILES string of the molecule is CCOC(=O)C(C)=C[C@H](C(C)C)N(C)C(=O)[C@@H](NC(=O)C1CCSCN1C)C(C)(C)C. The van der Waals surface area contributed by atoms with Crippen LogP contribution in [0.1, 0.15) is 54.9 Å². The summed E-state index contributed by atoms with van der Waals surface area (Å²) in [5, 5.41) is 3.03. The first-order valence-electron chi connectivity index (χ1n) is 11.0. The molecule has 2 amide bonds. The molecular formula is C23H41N3O4S. The lowest BCUT2D eigenvalue weighted by Gasteiger charge is -2.39. The van der Waals surface area contributed by atoms with Gasteiger partial charge in [0.05, 0.1) is 18.7 Å². The number of likely N-dealkylation sites (N-methyl/N-ethyl adjacent to an activating group) is 2. The smallest absolute Gasteiger partial charge is 0.333 e. The van der Waals surface area contributed by atoms with Crippen LogP contribution in [0.3, 0.4) is 0 Å². The molecule has 0 aromatic heterocycles. The first kappa shape index (κ1) is 27.5. The first-order valence-corrected chi connectivity index (χ1v) is 12.2. The van der Waals surface area contributed by atoms with Crippen molar-refractivity contribution in [2.24, 2.45) is 11.3 Å². The van der Waals surface area contributed by atoms with Gasteiger partial charge in [-0.05, 0) is 44.4 Å². The largest absolute Gasteiger partial charge is 0.463 e. The monoisotopic (exact) mass is 455 g/mol. The topological polar surface area (TPSA) is 79.0 Å². The van der Waals surface area contributed by atoms with E-state index < -0.39 is 11.5 Å². The number of carbonyl (C=O) groups excluding carboxylic acids is 3. The second kappa shape index (κ2) is 11.9. The van der Waals surface area contributed by atoms with Crippen molar-refractivity contribution in [2.75, 3.05) is 32.3 Å². The van der Waals surface area contributed by atoms with Crippen LogP contribution in [0.2, 0.25) is 0 Å². The molecule has 1 rings (SSSR count). The van der Waals surface area contributed by atoms with Gasteiger partial charge in [0.25, 0.3) is 0 Å². The normalized spacial score (nSPS) is 20.2. The zero-order valence-electron chi connectivity index (χ0n) is 20.7. The molecule has 7 nitrogen and oxygen atoms in total. The maximum Gasteiger partial charge on any atom is 0.333 e. The highest BCUT2D eigenvalue weighted by molar-refractivity contribution is 7.99. The van der Waals surface area contributed by atoms with Gasteiger partial charge in [-0.2, -0.15) is 0 Å². The summed E-state index contributed by atoms with van der Waals surface area (Å²) in [6.07, 6.45) is 2.55. The van der Waals surface area contributed by atoms with Crippen LogP contribution in [0.15, 0.2) is 11.6 Å². The minimum absolute atomic E-state index is 0.0798. The molecule has 1 aliphatic rings. The van der Waals surface area contributed by atoms with Gasteiger partial charge < -0.3 is 15.0 Å². The molecule has 0 saturated carbocycles. The molecular weight excluding hydrogens is 414 g/mol. The van der Waals surface area contributed by atoms with Gasteiger partial charge in [0.15, 0.2) is 0 Å². The molecule has 1 saturated heterocycles. The molecule has 0 spiro atoms. The van der Waals surface area contributed by atoms with Gasteiger partial charge in [0.2, 0.25) is 11.8 Å². The minimum atomic E-state index is -0.675. The second-order valence-corrected chi connectivity index (χ2v) is 10.7. The number of nitrogens with one attached hydrogen (secondary N) is 1. The third kappa shape index (κ3) is 7.83. The van der Waals surface area contributed by atoms with Crippen LogP contribution in [-0.4, -0.2) is 78.0 Å². The Balaban J connectivity index is 3.10. The highest BCUT2D eigenvalue weighted by Crippen LogP contribution is 2.25. The van der Waals surface area contributed by atoms with Crippen LogP contribution in [0.4, 0.5) is 0 Å². The lowest BCUT2D eigenvalue weighted by atomic mass is 9.84. The molecule has 1 aliphatic heterocycles. The molecule has 0 aromatic carbocycles. The standard InChI is InChI=1S/C23H41N3O4S/c1-10-30-22(29)16(4)13-18(15(2)3)26(9)21(28)19(23(5,6)7)24-20(27)17-11-12-31-14-25(17)8/h13,15,17-19H,10-12,14H2,1-9H3,(H,24,27)/t17?,18-,19-/m1/s1. The Morgan fingerprint density at radius 1 is 1.29 bits per heavy atom. The summed E-state index contributed by atoms with van der Waals surface area (Å²) in [6, 6.07) is -1.20. The third-order valence-corrected chi connectivity index (χ3v) is 6.68. The molecule has 0 aliphatic carbocycles. The fourth-order valence-corrected chi connectivity index (χ4v) is 4.59. The van der Waals surface area contributed by atoms with E-state index in [1.165, 1.54) is 0 Å². The van der Waals surface area contributed by atoms with Crippen LogP contribution in [0.25, 0.3) is 0 Å². The van der Waals surface area contributed by atoms with Crippen LogP contribution >= 0.6 is 11.8 Å². The molecule has 178 valence electrons. The Morgan fingerprint density at radius 3 is 2.39 bits per heavy atom. The first-order chi connectivity index (χ1) is 14.3. The predicted molar refractivity (Wildman–Crippen MR) is 127 cm³/mol. The van der Waals surface area contributed by atoms with Crippen molar-refractivity contribution in [3.8, 4) is 0 Å². The number of hydrogen-bond acceptors (Lipinski definition) is 6. The van der Waals surface area contributed by atoms with Gasteiger partial charge in [0.1, 0.15) is 6.04 Å². The van der Waals surface area contributed by atoms with Crippen molar-refractivity contribution in [1.29, 1.82) is 0 Å². The number of nitrogens with zero attached hydrogens (tertiary/aromatic N) is 2. The Morgan fingerprint density at radius 2 is 1.90 bits per heavy atom. The van der Waals surface area contributed by atoms with Crippen molar-refractivity contribution in [3.05, 3.63) is 11.6 Å². The van der Waals surface area contributed by atoms with E-state index in [0.29, 0.717) is 12.2 Å². The molecule has 0 aromatic rings. The number of esters is 1. The number of ether oxygens (including phenoxy) is 1. The zero-order valence-corrected chi connectivity index (χ0v) is 21.5. The van der Waals surface area contributed by atoms with Crippen LogP contribution < -0.4 is 5.32 Å². The lowest BCUT2D eigenvalue weighted by Crippen LogP contribution is -2.59. The number of amides is 2. The number of rotatable bonds is 8. The molecule has 3 atom stereocenters. The van der Waals surface area contributed by atoms with Gasteiger partial charge in [-0.25, -0.2) is 4.79 Å². The van der Waals surface area contributed by atoms with E-state index in [9.17, 15) is 14.4 Å². The van der Waals surface area contributed by atoms with Crippen molar-refractivity contribution in [1.82, 2.24) is 15.1 Å². The third-order valence-electron chi connectivity index (χ3n) is 5.56. The van der Waals surface area contributed by atoms with E-state index in [-0.39, 0.29) is 35.8 Å². The van der Waals surface area contributed by atoms with Crippen LogP contribution in [0, 0.1) is 11.3 Å². The number of hydrogen-bond donors (Lipinski definition) is 1. The summed E-state index contributed by atoms with van der Waals surface area (Å²) < 4.78 is 5.08. The lowest BCUT2D eigenvalue weighted by molar-refractivity contribution is -0.141. The van der Waals surface area contributed by atoms with Gasteiger partial charge in [0, 0.05) is 18.5 Å². The van der Waals surface area contributed by atoms with Crippen molar-refractivity contribution >= 4 is 29.5 Å². The summed E-state index contributed by atoms with van der Waals surface area (Å²) in [5.74, 6) is 1.16. The van der Waals surface area contributed by atoms with Gasteiger partial charge in [-0.3, -0.25) is 14.5 Å². The molecule has 31 heavy (non-hydrogen) atoms. The van der Waals surface area contributed by atoms with Crippen molar-refractivity contribution in [3.63, 3.8) is 0 Å². The molecule has 0 bridgehead atoms. The fourth-order valence-electron chi connectivity index (χ4n) is 3.60. The fraction of sp³-hybridized carbons (Fsp3) is 0.783. The quantitative estimate of drug-likeness (QED) is 0.448. The van der Waals surface area contributed by atoms with E-state index in [1.54, 1.807) is 43.6 Å². The minimum Gasteiger partial charge on any atom is -0.463 e. The van der Waals surface area contributed by atoms with E-state index >= 15 is 0 Å². The molecule has 1 unspecified atom stereocenters. The van der Waals surface area contributed by atoms with E-state index in [1.807, 2.05) is 46.6 Å². The summed E-state index contributed by atoms with van der Waals surface area (Å²) in [4.78, 5) is 42.3. The van der Waals surface area contributed by atoms with Crippen molar-refractivity contribution < 1.29 is 19.1 Å². The molecule has 0 radical (unpaired) electrons. The summed E-state index contributed by atoms with van der Waals surface area (Å²) in [7, 11) is 3.67. The summed E-state index contributed by atoms with van der Waals surface area (Å²) in [6.45, 7) is 13.6. The van der Waals surface area contributed by atoms with E-state index in [2.05, 4.69) is 5.32 Å². The summed E-state index contributed by atoms with van der Waals surface area (Å²) in [5.41, 5.74) is 0.00242. The molecule has 8 heteroatoms. The van der Waals surface area contributed by atoms with Gasteiger partial charge >= 0.3 is 5.97 Å². The molecule has 1 N–H and O–H groups in total. The number of thioether (sulfide) groups is 1. The van der Waals surface area contributed by atoms with Crippen LogP contribution in [-0.2, 0) is 19.1 Å². The average molecular weight is 456 g/mol.